The zero-order valence-electron chi connectivity index (χ0n) is 24.1. The minimum Gasteiger partial charge on any atom is -0.478 e. The summed E-state index contributed by atoms with van der Waals surface area (Å²) in [6.07, 6.45) is -0.309. The zero-order chi connectivity index (χ0) is 29.6. The van der Waals surface area contributed by atoms with E-state index in [1.165, 1.54) is 11.0 Å². The molecular weight excluding hydrogens is 549 g/mol. The van der Waals surface area contributed by atoms with Gasteiger partial charge in [0, 0.05) is 43.6 Å². The van der Waals surface area contributed by atoms with E-state index in [1.807, 2.05) is 24.6 Å². The number of anilines is 1. The summed E-state index contributed by atoms with van der Waals surface area (Å²) in [7, 11) is 1.87. The molecule has 3 aliphatic heterocycles. The number of amides is 1. The van der Waals surface area contributed by atoms with Crippen LogP contribution in [0.3, 0.4) is 0 Å². The van der Waals surface area contributed by atoms with Crippen molar-refractivity contribution in [3.63, 3.8) is 0 Å². The van der Waals surface area contributed by atoms with Crippen LogP contribution < -0.4 is 9.64 Å². The monoisotopic (exact) mass is 584 g/mol. The molecule has 12 heteroatoms. The number of piperidine rings is 1. The van der Waals surface area contributed by atoms with E-state index in [-0.39, 0.29) is 23.5 Å². The van der Waals surface area contributed by atoms with Crippen LogP contribution in [0.5, 0.6) is 5.88 Å². The fraction of sp³-hybridized carbons (Fsp3) is 0.533. The molecule has 42 heavy (non-hydrogen) atoms. The van der Waals surface area contributed by atoms with Crippen LogP contribution in [0.1, 0.15) is 65.1 Å². The summed E-state index contributed by atoms with van der Waals surface area (Å²) in [5.74, 6) is 1.31. The van der Waals surface area contributed by atoms with Gasteiger partial charge < -0.3 is 14.0 Å². The first kappa shape index (κ1) is 28.6. The van der Waals surface area contributed by atoms with Gasteiger partial charge >= 0.3 is 6.18 Å². The van der Waals surface area contributed by atoms with Gasteiger partial charge in [-0.2, -0.15) is 18.2 Å². The van der Waals surface area contributed by atoms with Crippen molar-refractivity contribution < 1.29 is 27.4 Å². The van der Waals surface area contributed by atoms with E-state index in [0.29, 0.717) is 50.1 Å². The van der Waals surface area contributed by atoms with E-state index in [4.69, 9.17) is 9.47 Å². The number of rotatable bonds is 8. The molecule has 1 atom stereocenters. The molecule has 0 N–H and O–H groups in total. The Kier molecular flexibility index (Phi) is 7.46. The number of fused-ring (bicyclic) bond motifs is 1. The van der Waals surface area contributed by atoms with Gasteiger partial charge in [-0.1, -0.05) is 6.92 Å². The fourth-order valence-electron chi connectivity index (χ4n) is 6.33. The van der Waals surface area contributed by atoms with Gasteiger partial charge in [0.25, 0.3) is 5.91 Å². The van der Waals surface area contributed by atoms with Gasteiger partial charge in [-0.25, -0.2) is 0 Å². The summed E-state index contributed by atoms with van der Waals surface area (Å²) in [5, 5.41) is 8.21. The van der Waals surface area contributed by atoms with Crippen LogP contribution in [-0.2, 0) is 42.9 Å². The van der Waals surface area contributed by atoms with Crippen molar-refractivity contribution in [1.82, 2.24) is 24.6 Å². The van der Waals surface area contributed by atoms with E-state index in [1.54, 1.807) is 18.5 Å². The summed E-state index contributed by atoms with van der Waals surface area (Å²) >= 11 is 0. The van der Waals surface area contributed by atoms with Crippen LogP contribution in [0.4, 0.5) is 19.0 Å². The number of carbonyl (C=O) groups excluding carboxylic acids is 1. The van der Waals surface area contributed by atoms with Gasteiger partial charge in [0.2, 0.25) is 5.88 Å². The average molecular weight is 585 g/mol. The van der Waals surface area contributed by atoms with Crippen molar-refractivity contribution in [3.05, 3.63) is 64.2 Å². The molecule has 0 saturated carbocycles. The Bertz CT molecular complexity index is 1490. The van der Waals surface area contributed by atoms with Crippen LogP contribution in [0.15, 0.2) is 30.6 Å². The van der Waals surface area contributed by atoms with Crippen molar-refractivity contribution in [2.75, 3.05) is 37.8 Å². The molecule has 0 aliphatic carbocycles. The number of ether oxygens (including phenoxy) is 2. The normalized spacial score (nSPS) is 20.5. The molecule has 0 spiro atoms. The molecule has 6 rings (SSSR count). The third kappa shape index (κ3) is 5.37. The second-order valence-electron chi connectivity index (χ2n) is 11.8. The number of aryl methyl sites for hydroxylation is 1. The number of pyridine rings is 1. The Balaban J connectivity index is 1.36. The number of likely N-dealkylation sites (tertiary alicyclic amines) is 1. The lowest BCUT2D eigenvalue weighted by Gasteiger charge is -2.42. The van der Waals surface area contributed by atoms with Crippen LogP contribution in [0, 0.1) is 5.92 Å². The Morgan fingerprint density at radius 2 is 2.00 bits per heavy atom. The molecule has 3 aromatic rings. The van der Waals surface area contributed by atoms with Gasteiger partial charge in [0.1, 0.15) is 18.0 Å². The maximum atomic E-state index is 14.4. The van der Waals surface area contributed by atoms with Crippen molar-refractivity contribution in [2.24, 2.45) is 13.0 Å². The number of alkyl halides is 3. The minimum atomic E-state index is -4.60. The smallest absolute Gasteiger partial charge is 0.416 e. The van der Waals surface area contributed by atoms with Gasteiger partial charge in [-0.05, 0) is 67.1 Å². The van der Waals surface area contributed by atoms with E-state index < -0.39 is 23.1 Å². The Morgan fingerprint density at radius 1 is 1.19 bits per heavy atom. The molecule has 0 bridgehead atoms. The average Bonchev–Trinajstić information content (AvgIpc) is 3.47. The van der Waals surface area contributed by atoms with Crippen LogP contribution in [0.25, 0.3) is 0 Å². The largest absolute Gasteiger partial charge is 0.478 e. The molecule has 3 aliphatic rings. The first-order chi connectivity index (χ1) is 20.1. The maximum absolute atomic E-state index is 14.4. The van der Waals surface area contributed by atoms with E-state index in [2.05, 4.69) is 27.0 Å². The van der Waals surface area contributed by atoms with Gasteiger partial charge in [0.05, 0.1) is 31.9 Å². The molecule has 2 saturated heterocycles. The lowest BCUT2D eigenvalue weighted by molar-refractivity contribution is -0.138. The number of halogens is 3. The molecule has 224 valence electrons. The highest BCUT2D eigenvalue weighted by Crippen LogP contribution is 2.42. The third-order valence-corrected chi connectivity index (χ3v) is 8.58. The molecule has 0 unspecified atom stereocenters. The minimum absolute atomic E-state index is 0.0193. The lowest BCUT2D eigenvalue weighted by atomic mass is 9.75. The van der Waals surface area contributed by atoms with Gasteiger partial charge in [-0.3, -0.25) is 14.6 Å². The highest BCUT2D eigenvalue weighted by Gasteiger charge is 2.44. The second kappa shape index (κ2) is 11.0. The molecule has 9 nitrogen and oxygen atoms in total. The van der Waals surface area contributed by atoms with Gasteiger partial charge in [0.15, 0.2) is 0 Å². The second-order valence-corrected chi connectivity index (χ2v) is 11.8. The summed E-state index contributed by atoms with van der Waals surface area (Å²) in [6, 6.07) is 6.44. The summed E-state index contributed by atoms with van der Waals surface area (Å²) in [5.41, 5.74) is 0.157. The molecule has 1 amide bonds. The lowest BCUT2D eigenvalue weighted by Crippen LogP contribution is -2.49. The van der Waals surface area contributed by atoms with E-state index in [9.17, 15) is 18.0 Å². The van der Waals surface area contributed by atoms with E-state index >= 15 is 0 Å². The standard InChI is InChI=1S/C30H35F3N6O3/c1-4-42-27-11-21(29(16-41-17-29)12-26-36-34-18-37(26)3)10-25(35-27)39-15-23-22(28(39)40)8-20(9-24(23)30(31,32)33)14-38-7-5-6-19(2)13-38/h8-11,18-19H,4-7,12-17H2,1-3H3/t19-/m0/s1. The SMILES string of the molecule is CCOc1cc(C2(Cc3nncn3C)COC2)cc(N2Cc3c(cc(CN4CCC[C@H](C)C4)cc3C(F)(F)F)C2=O)n1. The maximum Gasteiger partial charge on any atom is 0.416 e. The number of nitrogens with zero attached hydrogens (tertiary/aromatic N) is 6. The molecule has 1 aromatic carbocycles. The molecule has 5 heterocycles. The number of aromatic nitrogens is 4. The highest BCUT2D eigenvalue weighted by atomic mass is 19.4. The van der Waals surface area contributed by atoms with Crippen LogP contribution >= 0.6 is 0 Å². The fourth-order valence-corrected chi connectivity index (χ4v) is 6.33. The van der Waals surface area contributed by atoms with Gasteiger partial charge in [-0.15, -0.1) is 10.2 Å². The van der Waals surface area contributed by atoms with Crippen LogP contribution in [0.2, 0.25) is 0 Å². The topological polar surface area (TPSA) is 85.6 Å². The zero-order valence-corrected chi connectivity index (χ0v) is 24.1. The predicted molar refractivity (Wildman–Crippen MR) is 148 cm³/mol. The Morgan fingerprint density at radius 3 is 2.64 bits per heavy atom. The predicted octanol–water partition coefficient (Wildman–Crippen LogP) is 4.53. The van der Waals surface area contributed by atoms with E-state index in [0.717, 1.165) is 37.3 Å². The molecule has 2 aromatic heterocycles. The van der Waals surface area contributed by atoms with Crippen molar-refractivity contribution in [1.29, 1.82) is 0 Å². The number of carbonyl (C=O) groups is 1. The van der Waals surface area contributed by atoms with Crippen molar-refractivity contribution in [2.45, 2.75) is 57.8 Å². The molecular formula is C30H35F3N6O3. The number of hydrogen-bond donors (Lipinski definition) is 0. The van der Waals surface area contributed by atoms with Crippen LogP contribution in [-0.4, -0.2) is 63.5 Å². The summed E-state index contributed by atoms with van der Waals surface area (Å²) in [6.45, 7) is 6.97. The first-order valence-electron chi connectivity index (χ1n) is 14.4. The molecule has 0 radical (unpaired) electrons. The third-order valence-electron chi connectivity index (χ3n) is 8.58. The quantitative estimate of drug-likeness (QED) is 0.385. The Labute approximate surface area is 242 Å². The highest BCUT2D eigenvalue weighted by molar-refractivity contribution is 6.10. The summed E-state index contributed by atoms with van der Waals surface area (Å²) < 4.78 is 56.3. The number of hydrogen-bond acceptors (Lipinski definition) is 7. The molecule has 2 fully saturated rings. The van der Waals surface area contributed by atoms with Crippen molar-refractivity contribution in [3.8, 4) is 5.88 Å². The Hall–Kier alpha value is -3.51. The summed E-state index contributed by atoms with van der Waals surface area (Å²) in [4.78, 5) is 21.9. The first-order valence-corrected chi connectivity index (χ1v) is 14.4. The van der Waals surface area contributed by atoms with Crippen molar-refractivity contribution >= 4 is 11.7 Å². The number of benzene rings is 1.